The highest BCUT2D eigenvalue weighted by molar-refractivity contribution is 6.35. The summed E-state index contributed by atoms with van der Waals surface area (Å²) in [5, 5.41) is 10.1. The average molecular weight is 318 g/mol. The molecule has 0 bridgehead atoms. The molecule has 0 fully saturated rings. The monoisotopic (exact) mass is 317 g/mol. The standard InChI is InChI=1S/C17H13Cl2NO/c1-10-3-4-12(5-11(10)2)16(9-20)17(21)13-6-14(18)8-15(19)7-13/h3-8,16H,1-2H3. The normalized spacial score (nSPS) is 11.8. The van der Waals surface area contributed by atoms with Crippen LogP contribution in [0.15, 0.2) is 36.4 Å². The summed E-state index contributed by atoms with van der Waals surface area (Å²) in [4.78, 5) is 12.5. The number of Topliss-reactive ketones (excluding diaryl/α,β-unsaturated/α-hetero) is 1. The molecule has 1 unspecified atom stereocenters. The number of benzene rings is 2. The van der Waals surface area contributed by atoms with Crippen molar-refractivity contribution in [3.8, 4) is 6.07 Å². The van der Waals surface area contributed by atoms with Gasteiger partial charge in [0.2, 0.25) is 0 Å². The van der Waals surface area contributed by atoms with Gasteiger partial charge in [-0.15, -0.1) is 0 Å². The third-order valence-electron chi connectivity index (χ3n) is 3.40. The van der Waals surface area contributed by atoms with Crippen molar-refractivity contribution in [1.82, 2.24) is 0 Å². The van der Waals surface area contributed by atoms with Gasteiger partial charge in [-0.2, -0.15) is 5.26 Å². The zero-order valence-electron chi connectivity index (χ0n) is 11.7. The molecule has 21 heavy (non-hydrogen) atoms. The summed E-state index contributed by atoms with van der Waals surface area (Å²) in [6, 6.07) is 12.3. The fourth-order valence-electron chi connectivity index (χ4n) is 2.09. The molecule has 0 saturated carbocycles. The fraction of sp³-hybridized carbons (Fsp3) is 0.176. The molecule has 0 aromatic heterocycles. The van der Waals surface area contributed by atoms with Crippen LogP contribution in [0.4, 0.5) is 0 Å². The first kappa shape index (κ1) is 15.6. The number of nitrogens with zero attached hydrogens (tertiary/aromatic N) is 1. The van der Waals surface area contributed by atoms with Crippen LogP contribution >= 0.6 is 23.2 Å². The van der Waals surface area contributed by atoms with Gasteiger partial charge in [0.05, 0.1) is 6.07 Å². The van der Waals surface area contributed by atoms with Crippen LogP contribution in [-0.4, -0.2) is 5.78 Å². The van der Waals surface area contributed by atoms with E-state index in [4.69, 9.17) is 23.2 Å². The molecule has 2 nitrogen and oxygen atoms in total. The molecule has 1 atom stereocenters. The Bertz CT molecular complexity index is 727. The lowest BCUT2D eigenvalue weighted by Crippen LogP contribution is -2.11. The number of carbonyl (C=O) groups is 1. The zero-order chi connectivity index (χ0) is 15.6. The molecule has 2 aromatic carbocycles. The van der Waals surface area contributed by atoms with E-state index in [1.807, 2.05) is 26.0 Å². The van der Waals surface area contributed by atoms with E-state index in [2.05, 4.69) is 6.07 Å². The van der Waals surface area contributed by atoms with Gasteiger partial charge in [0, 0.05) is 15.6 Å². The van der Waals surface area contributed by atoms with Gasteiger partial charge < -0.3 is 0 Å². The SMILES string of the molecule is Cc1ccc(C(C#N)C(=O)c2cc(Cl)cc(Cl)c2)cc1C. The Balaban J connectivity index is 2.43. The summed E-state index contributed by atoms with van der Waals surface area (Å²) in [6.07, 6.45) is 0. The summed E-state index contributed by atoms with van der Waals surface area (Å²) < 4.78 is 0. The van der Waals surface area contributed by atoms with Crippen LogP contribution in [-0.2, 0) is 0 Å². The van der Waals surface area contributed by atoms with Gasteiger partial charge in [0.25, 0.3) is 0 Å². The first-order valence-electron chi connectivity index (χ1n) is 6.39. The molecule has 0 spiro atoms. The van der Waals surface area contributed by atoms with Crippen LogP contribution in [0.2, 0.25) is 10.0 Å². The fourth-order valence-corrected chi connectivity index (χ4v) is 2.62. The maximum atomic E-state index is 12.5. The average Bonchev–Trinajstić information content (AvgIpc) is 2.42. The summed E-state index contributed by atoms with van der Waals surface area (Å²) in [5.41, 5.74) is 3.19. The lowest BCUT2D eigenvalue weighted by molar-refractivity contribution is 0.0979. The molecule has 0 aliphatic rings. The van der Waals surface area contributed by atoms with Crippen LogP contribution in [0.1, 0.15) is 33.0 Å². The second-order valence-corrected chi connectivity index (χ2v) is 5.80. The van der Waals surface area contributed by atoms with Gasteiger partial charge in [0.15, 0.2) is 5.78 Å². The maximum Gasteiger partial charge on any atom is 0.184 e. The largest absolute Gasteiger partial charge is 0.292 e. The van der Waals surface area contributed by atoms with Gasteiger partial charge in [0.1, 0.15) is 5.92 Å². The molecular formula is C17H13Cl2NO. The molecule has 106 valence electrons. The molecule has 0 aliphatic heterocycles. The molecule has 0 aliphatic carbocycles. The van der Waals surface area contributed by atoms with Gasteiger partial charge in [-0.25, -0.2) is 0 Å². The molecule has 2 aromatic rings. The predicted octanol–water partition coefficient (Wildman–Crippen LogP) is 5.10. The maximum absolute atomic E-state index is 12.5. The van der Waals surface area contributed by atoms with Gasteiger partial charge in [-0.3, -0.25) is 4.79 Å². The van der Waals surface area contributed by atoms with E-state index in [1.54, 1.807) is 12.1 Å². The molecule has 0 radical (unpaired) electrons. The smallest absolute Gasteiger partial charge is 0.184 e. The number of rotatable bonds is 3. The number of ketones is 1. The Hall–Kier alpha value is -1.82. The quantitative estimate of drug-likeness (QED) is 0.739. The molecule has 0 N–H and O–H groups in total. The summed E-state index contributed by atoms with van der Waals surface area (Å²) in [5.74, 6) is -1.16. The second kappa shape index (κ2) is 6.30. The number of hydrogen-bond acceptors (Lipinski definition) is 2. The third kappa shape index (κ3) is 3.44. The third-order valence-corrected chi connectivity index (χ3v) is 3.84. The lowest BCUT2D eigenvalue weighted by Gasteiger charge is -2.11. The number of carbonyl (C=O) groups excluding carboxylic acids is 1. The van der Waals surface area contributed by atoms with Gasteiger partial charge in [-0.1, -0.05) is 41.4 Å². The Morgan fingerprint density at radius 3 is 2.19 bits per heavy atom. The van der Waals surface area contributed by atoms with Crippen molar-refractivity contribution in [1.29, 1.82) is 5.26 Å². The predicted molar refractivity (Wildman–Crippen MR) is 85.1 cm³/mol. The minimum atomic E-state index is -0.862. The highest BCUT2D eigenvalue weighted by Gasteiger charge is 2.22. The second-order valence-electron chi connectivity index (χ2n) is 4.93. The molecule has 0 amide bonds. The number of hydrogen-bond donors (Lipinski definition) is 0. The van der Waals surface area contributed by atoms with E-state index in [0.717, 1.165) is 11.1 Å². The molecule has 0 heterocycles. The minimum Gasteiger partial charge on any atom is -0.292 e. The van der Waals surface area contributed by atoms with E-state index in [1.165, 1.54) is 12.1 Å². The molecule has 2 rings (SSSR count). The van der Waals surface area contributed by atoms with E-state index >= 15 is 0 Å². The summed E-state index contributed by atoms with van der Waals surface area (Å²) in [6.45, 7) is 3.94. The first-order chi connectivity index (χ1) is 9.92. The van der Waals surface area contributed by atoms with E-state index < -0.39 is 5.92 Å². The summed E-state index contributed by atoms with van der Waals surface area (Å²) >= 11 is 11.8. The van der Waals surface area contributed by atoms with Crippen LogP contribution in [0, 0.1) is 25.2 Å². The van der Waals surface area contributed by atoms with Crippen molar-refractivity contribution in [2.45, 2.75) is 19.8 Å². The van der Waals surface area contributed by atoms with Crippen molar-refractivity contribution in [3.63, 3.8) is 0 Å². The van der Waals surface area contributed by atoms with E-state index in [0.29, 0.717) is 21.2 Å². The Kier molecular flexibility index (Phi) is 4.67. The highest BCUT2D eigenvalue weighted by Crippen LogP contribution is 2.26. The van der Waals surface area contributed by atoms with Crippen molar-refractivity contribution < 1.29 is 4.79 Å². The highest BCUT2D eigenvalue weighted by atomic mass is 35.5. The van der Waals surface area contributed by atoms with Crippen LogP contribution in [0.25, 0.3) is 0 Å². The van der Waals surface area contributed by atoms with Crippen molar-refractivity contribution >= 4 is 29.0 Å². The van der Waals surface area contributed by atoms with Gasteiger partial charge >= 0.3 is 0 Å². The minimum absolute atomic E-state index is 0.301. The first-order valence-corrected chi connectivity index (χ1v) is 7.15. The van der Waals surface area contributed by atoms with Crippen molar-refractivity contribution in [2.75, 3.05) is 0 Å². The molecule has 4 heteroatoms. The van der Waals surface area contributed by atoms with Crippen molar-refractivity contribution in [2.24, 2.45) is 0 Å². The molecular weight excluding hydrogens is 305 g/mol. The zero-order valence-corrected chi connectivity index (χ0v) is 13.2. The van der Waals surface area contributed by atoms with E-state index in [9.17, 15) is 10.1 Å². The van der Waals surface area contributed by atoms with Gasteiger partial charge in [-0.05, 0) is 48.7 Å². The summed E-state index contributed by atoms with van der Waals surface area (Å²) in [7, 11) is 0. The number of nitriles is 1. The number of aryl methyl sites for hydroxylation is 2. The Morgan fingerprint density at radius 1 is 1.05 bits per heavy atom. The Morgan fingerprint density at radius 2 is 1.67 bits per heavy atom. The Labute approximate surface area is 133 Å². The van der Waals surface area contributed by atoms with Crippen LogP contribution in [0.3, 0.4) is 0 Å². The number of halogens is 2. The van der Waals surface area contributed by atoms with Crippen molar-refractivity contribution in [3.05, 3.63) is 68.7 Å². The van der Waals surface area contributed by atoms with Crippen LogP contribution < -0.4 is 0 Å². The molecule has 0 saturated heterocycles. The lowest BCUT2D eigenvalue weighted by atomic mass is 9.90. The topological polar surface area (TPSA) is 40.9 Å². The van der Waals surface area contributed by atoms with Crippen LogP contribution in [0.5, 0.6) is 0 Å². The van der Waals surface area contributed by atoms with E-state index in [-0.39, 0.29) is 5.78 Å².